The second kappa shape index (κ2) is 6.23. The lowest BCUT2D eigenvalue weighted by atomic mass is 10.2. The van der Waals surface area contributed by atoms with Crippen LogP contribution in [0.2, 0.25) is 0 Å². The summed E-state index contributed by atoms with van der Waals surface area (Å²) in [6.07, 6.45) is 1.75. The Morgan fingerprint density at radius 2 is 2.00 bits per heavy atom. The normalized spacial score (nSPS) is 10.3. The largest absolute Gasteiger partial charge is 0.497 e. The molecule has 0 N–H and O–H groups in total. The van der Waals surface area contributed by atoms with Gasteiger partial charge in [-0.2, -0.15) is 5.10 Å². The smallest absolute Gasteiger partial charge is 0.253 e. The van der Waals surface area contributed by atoms with Crippen LogP contribution in [0.1, 0.15) is 23.0 Å². The third kappa shape index (κ3) is 2.99. The molecule has 1 aromatic heterocycles. The highest BCUT2D eigenvalue weighted by atomic mass is 16.5. The lowest BCUT2D eigenvalue weighted by molar-refractivity contribution is 0.0781. The SMILES string of the molecule is CCn1nccc1CN(C)C(=O)c1ccc(OC)cc1. The summed E-state index contributed by atoms with van der Waals surface area (Å²) in [5, 5.41) is 4.20. The Hall–Kier alpha value is -2.30. The maximum Gasteiger partial charge on any atom is 0.253 e. The van der Waals surface area contributed by atoms with Crippen molar-refractivity contribution in [2.75, 3.05) is 14.2 Å². The van der Waals surface area contributed by atoms with E-state index in [9.17, 15) is 4.79 Å². The van der Waals surface area contributed by atoms with E-state index in [2.05, 4.69) is 5.10 Å². The fraction of sp³-hybridized carbons (Fsp3) is 0.333. The van der Waals surface area contributed by atoms with Gasteiger partial charge < -0.3 is 9.64 Å². The van der Waals surface area contributed by atoms with Crippen LogP contribution in [0.3, 0.4) is 0 Å². The summed E-state index contributed by atoms with van der Waals surface area (Å²) in [4.78, 5) is 14.0. The molecule has 2 rings (SSSR count). The van der Waals surface area contributed by atoms with E-state index in [1.54, 1.807) is 49.5 Å². The molecular formula is C15H19N3O2. The van der Waals surface area contributed by atoms with Crippen molar-refractivity contribution in [3.63, 3.8) is 0 Å². The average Bonchev–Trinajstić information content (AvgIpc) is 2.93. The summed E-state index contributed by atoms with van der Waals surface area (Å²) in [7, 11) is 3.40. The number of carbonyl (C=O) groups excluding carboxylic acids is 1. The first-order valence-corrected chi connectivity index (χ1v) is 6.56. The van der Waals surface area contributed by atoms with E-state index >= 15 is 0 Å². The van der Waals surface area contributed by atoms with Gasteiger partial charge in [0.05, 0.1) is 19.3 Å². The van der Waals surface area contributed by atoms with Crippen LogP contribution in [0.15, 0.2) is 36.5 Å². The predicted molar refractivity (Wildman–Crippen MR) is 76.7 cm³/mol. The van der Waals surface area contributed by atoms with E-state index in [0.29, 0.717) is 12.1 Å². The van der Waals surface area contributed by atoms with Crippen LogP contribution < -0.4 is 4.74 Å². The third-order valence-corrected chi connectivity index (χ3v) is 3.19. The fourth-order valence-corrected chi connectivity index (χ4v) is 2.05. The zero-order valence-corrected chi connectivity index (χ0v) is 12.0. The van der Waals surface area contributed by atoms with Crippen LogP contribution in [-0.4, -0.2) is 34.7 Å². The molecule has 0 atom stereocenters. The van der Waals surface area contributed by atoms with Crippen molar-refractivity contribution in [2.24, 2.45) is 0 Å². The van der Waals surface area contributed by atoms with Gasteiger partial charge in [0, 0.05) is 25.4 Å². The van der Waals surface area contributed by atoms with Gasteiger partial charge in [0.1, 0.15) is 5.75 Å². The molecular weight excluding hydrogens is 254 g/mol. The topological polar surface area (TPSA) is 47.4 Å². The molecule has 0 bridgehead atoms. The number of aryl methyl sites for hydroxylation is 1. The van der Waals surface area contributed by atoms with Gasteiger partial charge in [-0.05, 0) is 37.3 Å². The van der Waals surface area contributed by atoms with Crippen LogP contribution in [-0.2, 0) is 13.1 Å². The van der Waals surface area contributed by atoms with Crippen molar-refractivity contribution < 1.29 is 9.53 Å². The molecule has 0 unspecified atom stereocenters. The van der Waals surface area contributed by atoms with Crippen molar-refractivity contribution in [1.29, 1.82) is 0 Å². The minimum atomic E-state index is -0.0171. The summed E-state index contributed by atoms with van der Waals surface area (Å²) in [5.74, 6) is 0.727. The van der Waals surface area contributed by atoms with Gasteiger partial charge >= 0.3 is 0 Å². The number of amides is 1. The fourth-order valence-electron chi connectivity index (χ4n) is 2.05. The van der Waals surface area contributed by atoms with Crippen molar-refractivity contribution in [1.82, 2.24) is 14.7 Å². The maximum absolute atomic E-state index is 12.3. The van der Waals surface area contributed by atoms with Gasteiger partial charge in [-0.3, -0.25) is 9.48 Å². The van der Waals surface area contributed by atoms with Crippen molar-refractivity contribution in [2.45, 2.75) is 20.0 Å². The Morgan fingerprint density at radius 3 is 2.60 bits per heavy atom. The van der Waals surface area contributed by atoms with Gasteiger partial charge in [0.2, 0.25) is 0 Å². The first kappa shape index (κ1) is 14.1. The van der Waals surface area contributed by atoms with Crippen molar-refractivity contribution in [3.8, 4) is 5.75 Å². The first-order chi connectivity index (χ1) is 9.65. The summed E-state index contributed by atoms with van der Waals surface area (Å²) >= 11 is 0. The summed E-state index contributed by atoms with van der Waals surface area (Å²) in [6.45, 7) is 3.37. The first-order valence-electron chi connectivity index (χ1n) is 6.56. The average molecular weight is 273 g/mol. The highest BCUT2D eigenvalue weighted by Crippen LogP contribution is 2.13. The lowest BCUT2D eigenvalue weighted by Gasteiger charge is -2.18. The Kier molecular flexibility index (Phi) is 4.40. The molecule has 106 valence electrons. The quantitative estimate of drug-likeness (QED) is 0.839. The molecule has 0 fully saturated rings. The van der Waals surface area contributed by atoms with Gasteiger partial charge in [0.25, 0.3) is 5.91 Å². The molecule has 5 nitrogen and oxygen atoms in total. The number of hydrogen-bond donors (Lipinski definition) is 0. The Balaban J connectivity index is 2.08. The number of benzene rings is 1. The van der Waals surface area contributed by atoms with Gasteiger partial charge in [-0.1, -0.05) is 0 Å². The highest BCUT2D eigenvalue weighted by molar-refractivity contribution is 5.94. The highest BCUT2D eigenvalue weighted by Gasteiger charge is 2.13. The molecule has 0 saturated heterocycles. The molecule has 0 radical (unpaired) electrons. The predicted octanol–water partition coefficient (Wildman–Crippen LogP) is 2.18. The van der Waals surface area contributed by atoms with Crippen LogP contribution in [0.25, 0.3) is 0 Å². The molecule has 0 aliphatic carbocycles. The summed E-state index contributed by atoms with van der Waals surface area (Å²) in [5.41, 5.74) is 1.67. The second-order valence-corrected chi connectivity index (χ2v) is 4.53. The number of ether oxygens (including phenoxy) is 1. The van der Waals surface area contributed by atoms with Crippen LogP contribution in [0.4, 0.5) is 0 Å². The van der Waals surface area contributed by atoms with Crippen LogP contribution in [0.5, 0.6) is 5.75 Å². The third-order valence-electron chi connectivity index (χ3n) is 3.19. The van der Waals surface area contributed by atoms with Crippen LogP contribution in [0, 0.1) is 0 Å². The molecule has 0 aliphatic heterocycles. The molecule has 0 aliphatic rings. The number of hydrogen-bond acceptors (Lipinski definition) is 3. The van der Waals surface area contributed by atoms with Crippen molar-refractivity contribution >= 4 is 5.91 Å². The zero-order chi connectivity index (χ0) is 14.5. The molecule has 0 saturated carbocycles. The zero-order valence-electron chi connectivity index (χ0n) is 12.0. The van der Waals surface area contributed by atoms with Gasteiger partial charge in [-0.15, -0.1) is 0 Å². The van der Waals surface area contributed by atoms with Gasteiger partial charge in [0.15, 0.2) is 0 Å². The molecule has 20 heavy (non-hydrogen) atoms. The van der Waals surface area contributed by atoms with E-state index in [0.717, 1.165) is 18.0 Å². The second-order valence-electron chi connectivity index (χ2n) is 4.53. The number of methoxy groups -OCH3 is 1. The Morgan fingerprint density at radius 1 is 1.30 bits per heavy atom. The Labute approximate surface area is 118 Å². The summed E-state index contributed by atoms with van der Waals surface area (Å²) in [6, 6.07) is 9.06. The van der Waals surface area contributed by atoms with Crippen LogP contribution >= 0.6 is 0 Å². The van der Waals surface area contributed by atoms with Crippen molar-refractivity contribution in [3.05, 3.63) is 47.8 Å². The molecule has 5 heteroatoms. The lowest BCUT2D eigenvalue weighted by Crippen LogP contribution is -2.27. The van der Waals surface area contributed by atoms with E-state index in [1.807, 2.05) is 17.7 Å². The monoisotopic (exact) mass is 273 g/mol. The molecule has 1 heterocycles. The standard InChI is InChI=1S/C15H19N3O2/c1-4-18-13(9-10-16-18)11-17(2)15(19)12-5-7-14(20-3)8-6-12/h5-10H,4,11H2,1-3H3. The minimum Gasteiger partial charge on any atom is -0.497 e. The summed E-state index contributed by atoms with van der Waals surface area (Å²) < 4.78 is 6.98. The molecule has 2 aromatic rings. The van der Waals surface area contributed by atoms with E-state index < -0.39 is 0 Å². The number of aromatic nitrogens is 2. The van der Waals surface area contributed by atoms with Gasteiger partial charge in [-0.25, -0.2) is 0 Å². The number of rotatable bonds is 5. The molecule has 1 amide bonds. The molecule has 0 spiro atoms. The molecule has 1 aromatic carbocycles. The number of carbonyl (C=O) groups is 1. The Bertz CT molecular complexity index is 575. The van der Waals surface area contributed by atoms with E-state index in [-0.39, 0.29) is 5.91 Å². The van der Waals surface area contributed by atoms with E-state index in [4.69, 9.17) is 4.74 Å². The number of nitrogens with zero attached hydrogens (tertiary/aromatic N) is 3. The maximum atomic E-state index is 12.3. The van der Waals surface area contributed by atoms with E-state index in [1.165, 1.54) is 0 Å². The minimum absolute atomic E-state index is 0.0171.